The van der Waals surface area contributed by atoms with Crippen molar-refractivity contribution >= 4 is 29.0 Å². The van der Waals surface area contributed by atoms with E-state index in [1.807, 2.05) is 26.1 Å². The third kappa shape index (κ3) is 8.03. The van der Waals surface area contributed by atoms with E-state index in [0.29, 0.717) is 41.5 Å². The molecule has 0 radical (unpaired) electrons. The molecular formula is C31H36N6O4. The fraction of sp³-hybridized carbons (Fsp3) is 0.355. The number of urea groups is 1. The Balaban J connectivity index is 1.55. The highest BCUT2D eigenvalue weighted by Crippen LogP contribution is 2.29. The molecule has 0 fully saturated rings. The van der Waals surface area contributed by atoms with Gasteiger partial charge in [0, 0.05) is 54.9 Å². The Bertz CT molecular complexity index is 1380. The molecule has 3 atom stereocenters. The number of rotatable bonds is 8. The summed E-state index contributed by atoms with van der Waals surface area (Å²) < 4.78 is 6.58. The Kier molecular flexibility index (Phi) is 9.90. The van der Waals surface area contributed by atoms with E-state index in [2.05, 4.69) is 32.3 Å². The zero-order chi connectivity index (χ0) is 29.4. The van der Waals surface area contributed by atoms with E-state index in [1.54, 1.807) is 59.8 Å². The molecule has 0 unspecified atom stereocenters. The van der Waals surface area contributed by atoms with Crippen molar-refractivity contribution in [1.29, 1.82) is 0 Å². The molecule has 41 heavy (non-hydrogen) atoms. The maximum Gasteiger partial charge on any atom is 0.323 e. The number of anilines is 2. The van der Waals surface area contributed by atoms with E-state index in [1.165, 1.54) is 0 Å². The fourth-order valence-corrected chi connectivity index (χ4v) is 4.81. The van der Waals surface area contributed by atoms with E-state index in [9.17, 15) is 14.7 Å². The van der Waals surface area contributed by atoms with Crippen molar-refractivity contribution in [2.75, 3.05) is 37.4 Å². The van der Waals surface area contributed by atoms with Gasteiger partial charge in [-0.3, -0.25) is 14.7 Å². The lowest BCUT2D eigenvalue weighted by molar-refractivity contribution is -0.134. The highest BCUT2D eigenvalue weighted by molar-refractivity contribution is 6.00. The number of benzene rings is 2. The van der Waals surface area contributed by atoms with Crippen molar-refractivity contribution < 1.29 is 19.4 Å². The van der Waals surface area contributed by atoms with Gasteiger partial charge in [0.25, 0.3) is 0 Å². The molecule has 3 N–H and O–H groups in total. The minimum Gasteiger partial charge on any atom is -0.488 e. The summed E-state index contributed by atoms with van der Waals surface area (Å²) in [5, 5.41) is 15.4. The number of carbonyl (C=O) groups is 2. The lowest BCUT2D eigenvalue weighted by atomic mass is 10.0. The summed E-state index contributed by atoms with van der Waals surface area (Å²) in [6.45, 7) is 12.6. The molecule has 10 nitrogen and oxygen atoms in total. The maximum absolute atomic E-state index is 13.4. The normalized spacial score (nSPS) is 17.8. The second-order valence-electron chi connectivity index (χ2n) is 10.5. The van der Waals surface area contributed by atoms with Crippen LogP contribution in [0.4, 0.5) is 21.9 Å². The second kappa shape index (κ2) is 13.7. The number of amides is 3. The van der Waals surface area contributed by atoms with E-state index in [0.717, 1.165) is 12.1 Å². The molecule has 0 saturated carbocycles. The van der Waals surface area contributed by atoms with Gasteiger partial charge in [0.2, 0.25) is 5.91 Å². The van der Waals surface area contributed by atoms with Gasteiger partial charge in [-0.1, -0.05) is 19.1 Å². The van der Waals surface area contributed by atoms with Crippen LogP contribution < -0.4 is 15.4 Å². The molecule has 3 amide bonds. The third-order valence-electron chi connectivity index (χ3n) is 7.12. The zero-order valence-corrected chi connectivity index (χ0v) is 23.6. The number of nitrogens with zero attached hydrogens (tertiary/aromatic N) is 4. The van der Waals surface area contributed by atoms with Crippen LogP contribution in [0.3, 0.4) is 0 Å². The highest BCUT2D eigenvalue weighted by atomic mass is 16.5. The van der Waals surface area contributed by atoms with Crippen LogP contribution in [-0.2, 0) is 17.8 Å². The summed E-state index contributed by atoms with van der Waals surface area (Å²) in [7, 11) is 2.03. The molecule has 2 aromatic carbocycles. The Morgan fingerprint density at radius 2 is 1.85 bits per heavy atom. The van der Waals surface area contributed by atoms with Crippen LogP contribution in [0, 0.1) is 12.5 Å². The molecule has 10 heteroatoms. The van der Waals surface area contributed by atoms with Gasteiger partial charge in [0.05, 0.1) is 25.6 Å². The van der Waals surface area contributed by atoms with Crippen LogP contribution in [0.1, 0.15) is 25.0 Å². The summed E-state index contributed by atoms with van der Waals surface area (Å²) >= 11 is 0. The number of hydrogen-bond acceptors (Lipinski definition) is 6. The number of aromatic nitrogens is 1. The smallest absolute Gasteiger partial charge is 0.323 e. The van der Waals surface area contributed by atoms with Gasteiger partial charge in [0.15, 0.2) is 5.69 Å². The second-order valence-corrected chi connectivity index (χ2v) is 10.5. The van der Waals surface area contributed by atoms with Crippen molar-refractivity contribution in [2.24, 2.45) is 5.92 Å². The lowest BCUT2D eigenvalue weighted by Gasteiger charge is -2.34. The van der Waals surface area contributed by atoms with E-state index >= 15 is 0 Å². The summed E-state index contributed by atoms with van der Waals surface area (Å²) in [6.07, 6.45) is 3.38. The number of hydrogen-bond donors (Lipinski definition) is 3. The van der Waals surface area contributed by atoms with Crippen LogP contribution in [0.2, 0.25) is 0 Å². The van der Waals surface area contributed by atoms with Crippen molar-refractivity contribution in [3.8, 4) is 5.75 Å². The molecule has 1 aliphatic heterocycles. The Hall–Kier alpha value is -4.46. The molecular weight excluding hydrogens is 520 g/mol. The molecule has 2 heterocycles. The summed E-state index contributed by atoms with van der Waals surface area (Å²) in [6, 6.07) is 15.0. The van der Waals surface area contributed by atoms with Gasteiger partial charge >= 0.3 is 6.03 Å². The van der Waals surface area contributed by atoms with E-state index < -0.39 is 6.03 Å². The number of ether oxygens (including phenoxy) is 1. The fourth-order valence-electron chi connectivity index (χ4n) is 4.81. The lowest BCUT2D eigenvalue weighted by Crippen LogP contribution is -2.47. The van der Waals surface area contributed by atoms with Crippen molar-refractivity contribution in [3.05, 3.63) is 89.5 Å². The molecule has 0 aliphatic carbocycles. The third-order valence-corrected chi connectivity index (χ3v) is 7.12. The Labute approximate surface area is 240 Å². The van der Waals surface area contributed by atoms with Gasteiger partial charge in [-0.15, -0.1) is 0 Å². The number of nitrogens with one attached hydrogen (secondary N) is 2. The predicted octanol–water partition coefficient (Wildman–Crippen LogP) is 4.56. The molecule has 1 aliphatic rings. The minimum atomic E-state index is -0.449. The van der Waals surface area contributed by atoms with Crippen LogP contribution >= 0.6 is 0 Å². The average molecular weight is 557 g/mol. The number of likely N-dealkylation sites (N-methyl/N-ethyl adjacent to an activating group) is 1. The van der Waals surface area contributed by atoms with Gasteiger partial charge in [-0.2, -0.15) is 0 Å². The van der Waals surface area contributed by atoms with Crippen LogP contribution in [0.5, 0.6) is 5.75 Å². The summed E-state index contributed by atoms with van der Waals surface area (Å²) in [4.78, 5) is 37.5. The first-order chi connectivity index (χ1) is 19.7. The van der Waals surface area contributed by atoms with Gasteiger partial charge in [0.1, 0.15) is 11.9 Å². The number of fused-ring (bicyclic) bond motifs is 1. The monoisotopic (exact) mass is 556 g/mol. The van der Waals surface area contributed by atoms with Gasteiger partial charge < -0.3 is 25.4 Å². The topological polar surface area (TPSA) is 111 Å². The Morgan fingerprint density at radius 3 is 2.54 bits per heavy atom. The Morgan fingerprint density at radius 1 is 1.17 bits per heavy atom. The summed E-state index contributed by atoms with van der Waals surface area (Å²) in [5.74, 6) is 0.457. The average Bonchev–Trinajstić information content (AvgIpc) is 3.01. The van der Waals surface area contributed by atoms with Crippen LogP contribution in [0.15, 0.2) is 67.0 Å². The van der Waals surface area contributed by atoms with Crippen molar-refractivity contribution in [3.63, 3.8) is 0 Å². The minimum absolute atomic E-state index is 0.0170. The molecule has 0 spiro atoms. The number of pyridine rings is 1. The van der Waals surface area contributed by atoms with Crippen LogP contribution in [-0.4, -0.2) is 70.7 Å². The first kappa shape index (κ1) is 29.5. The molecule has 214 valence electrons. The SMILES string of the molecule is [C-]#[N+]c1ccc(NC(=O)Nc2ccc3c(c2)CC(=O)N([C@@H](C)CO)C[C@@H](C)[C@H](CN(C)Cc2ccncc2)O3)cc1. The molecule has 0 bridgehead atoms. The van der Waals surface area contributed by atoms with Gasteiger partial charge in [-0.05, 0) is 62.0 Å². The van der Waals surface area contributed by atoms with E-state index in [4.69, 9.17) is 11.3 Å². The highest BCUT2D eigenvalue weighted by Gasteiger charge is 2.31. The molecule has 0 saturated heterocycles. The van der Waals surface area contributed by atoms with Gasteiger partial charge in [-0.25, -0.2) is 9.64 Å². The first-order valence-corrected chi connectivity index (χ1v) is 13.6. The largest absolute Gasteiger partial charge is 0.488 e. The standard InChI is InChI=1S/C31H36N6O4/c1-21-17-37(22(2)20-38)30(39)16-24-15-27(35-31(40)34-26-7-5-25(32-3)6-8-26)9-10-28(24)41-29(21)19-36(4)18-23-11-13-33-14-12-23/h5-15,21-22,29,38H,16-20H2,1-2,4H3,(H2,34,35,40)/t21-,22+,29+/m1/s1. The number of aliphatic hydroxyl groups excluding tert-OH is 1. The first-order valence-electron chi connectivity index (χ1n) is 13.6. The zero-order valence-electron chi connectivity index (χ0n) is 23.6. The van der Waals surface area contributed by atoms with Crippen LogP contribution in [0.25, 0.3) is 4.85 Å². The van der Waals surface area contributed by atoms with Crippen molar-refractivity contribution in [2.45, 2.75) is 39.0 Å². The van der Waals surface area contributed by atoms with E-state index in [-0.39, 0.29) is 37.0 Å². The predicted molar refractivity (Wildman–Crippen MR) is 158 cm³/mol. The quantitative estimate of drug-likeness (QED) is 0.351. The molecule has 1 aromatic heterocycles. The number of aliphatic hydroxyl groups is 1. The molecule has 3 aromatic rings. The summed E-state index contributed by atoms with van der Waals surface area (Å²) in [5.41, 5.74) is 3.34. The molecule has 4 rings (SSSR count). The van der Waals surface area contributed by atoms with Crippen molar-refractivity contribution in [1.82, 2.24) is 14.8 Å². The maximum atomic E-state index is 13.4. The number of carbonyl (C=O) groups excluding carboxylic acids is 2.